The van der Waals surface area contributed by atoms with Gasteiger partial charge in [0.1, 0.15) is 11.4 Å². The first kappa shape index (κ1) is 12.9. The molecule has 0 aliphatic carbocycles. The van der Waals surface area contributed by atoms with E-state index in [1.165, 1.54) is 0 Å². The fourth-order valence-electron chi connectivity index (χ4n) is 2.22. The number of anilines is 1. The second-order valence-electron chi connectivity index (χ2n) is 4.54. The van der Waals surface area contributed by atoms with Gasteiger partial charge in [0.25, 0.3) is 0 Å². The first-order valence-corrected chi connectivity index (χ1v) is 6.52. The van der Waals surface area contributed by atoms with Crippen molar-refractivity contribution in [2.75, 3.05) is 18.5 Å². The number of furan rings is 1. The summed E-state index contributed by atoms with van der Waals surface area (Å²) in [6.45, 7) is 3.25. The number of rotatable bonds is 7. The Morgan fingerprint density at radius 3 is 3.06 bits per heavy atom. The number of aliphatic hydroxyl groups excluding tert-OH is 1. The molecule has 2 rings (SSSR count). The zero-order valence-electron chi connectivity index (χ0n) is 10.7. The molecule has 0 saturated carbocycles. The summed E-state index contributed by atoms with van der Waals surface area (Å²) in [6.07, 6.45) is 6.51. The molecule has 2 aromatic rings. The molecule has 0 bridgehead atoms. The van der Waals surface area contributed by atoms with Crippen molar-refractivity contribution in [3.8, 4) is 0 Å². The fourth-order valence-corrected chi connectivity index (χ4v) is 2.22. The summed E-state index contributed by atoms with van der Waals surface area (Å²) in [5, 5.41) is 13.4. The molecule has 1 unspecified atom stereocenters. The van der Waals surface area contributed by atoms with Crippen LogP contribution in [0.15, 0.2) is 29.0 Å². The number of hydrogen-bond donors (Lipinski definition) is 2. The van der Waals surface area contributed by atoms with Gasteiger partial charge in [0.2, 0.25) is 0 Å². The van der Waals surface area contributed by atoms with E-state index in [-0.39, 0.29) is 6.61 Å². The molecule has 4 heteroatoms. The van der Waals surface area contributed by atoms with Crippen LogP contribution in [0.25, 0.3) is 11.0 Å². The van der Waals surface area contributed by atoms with Crippen LogP contribution < -0.4 is 5.32 Å². The van der Waals surface area contributed by atoms with E-state index in [0.29, 0.717) is 5.92 Å². The Bertz CT molecular complexity index is 475. The summed E-state index contributed by atoms with van der Waals surface area (Å²) in [7, 11) is 0. The van der Waals surface area contributed by atoms with Crippen molar-refractivity contribution in [3.63, 3.8) is 0 Å². The van der Waals surface area contributed by atoms with Gasteiger partial charge in [0.15, 0.2) is 0 Å². The molecule has 0 fully saturated rings. The Hall–Kier alpha value is -1.55. The third-order valence-electron chi connectivity index (χ3n) is 3.17. The van der Waals surface area contributed by atoms with E-state index in [9.17, 15) is 0 Å². The Kier molecular flexibility index (Phi) is 4.59. The number of pyridine rings is 1. The lowest BCUT2D eigenvalue weighted by atomic mass is 10.0. The van der Waals surface area contributed by atoms with Crippen molar-refractivity contribution in [1.82, 2.24) is 4.98 Å². The van der Waals surface area contributed by atoms with Gasteiger partial charge in [-0.15, -0.1) is 0 Å². The lowest BCUT2D eigenvalue weighted by Gasteiger charge is -2.16. The maximum atomic E-state index is 9.04. The smallest absolute Gasteiger partial charge is 0.139 e. The maximum absolute atomic E-state index is 9.04. The molecule has 0 aliphatic heterocycles. The lowest BCUT2D eigenvalue weighted by Crippen LogP contribution is -2.16. The molecule has 0 aromatic carbocycles. The molecule has 4 nitrogen and oxygen atoms in total. The highest BCUT2D eigenvalue weighted by atomic mass is 16.3. The second-order valence-corrected chi connectivity index (χ2v) is 4.54. The predicted octanol–water partition coefficient (Wildman–Crippen LogP) is 3.04. The monoisotopic (exact) mass is 248 g/mol. The second kappa shape index (κ2) is 6.40. The topological polar surface area (TPSA) is 58.3 Å². The van der Waals surface area contributed by atoms with Crippen LogP contribution in [0, 0.1) is 5.92 Å². The molecular weight excluding hydrogens is 228 g/mol. The van der Waals surface area contributed by atoms with E-state index in [4.69, 9.17) is 9.52 Å². The van der Waals surface area contributed by atoms with E-state index in [2.05, 4.69) is 17.2 Å². The Labute approximate surface area is 107 Å². The van der Waals surface area contributed by atoms with Crippen LogP contribution in [-0.4, -0.2) is 23.2 Å². The largest absolute Gasteiger partial charge is 0.464 e. The molecular formula is C14H20N2O2. The van der Waals surface area contributed by atoms with Crippen LogP contribution >= 0.6 is 0 Å². The van der Waals surface area contributed by atoms with E-state index in [1.54, 1.807) is 12.5 Å². The van der Waals surface area contributed by atoms with Crippen molar-refractivity contribution >= 4 is 16.8 Å². The van der Waals surface area contributed by atoms with Crippen molar-refractivity contribution in [1.29, 1.82) is 0 Å². The summed E-state index contributed by atoms with van der Waals surface area (Å²) in [4.78, 5) is 4.34. The van der Waals surface area contributed by atoms with Crippen LogP contribution in [0.3, 0.4) is 0 Å². The third-order valence-corrected chi connectivity index (χ3v) is 3.17. The summed E-state index contributed by atoms with van der Waals surface area (Å²) in [6, 6.07) is 3.78. The highest BCUT2D eigenvalue weighted by Crippen LogP contribution is 2.22. The molecule has 2 N–H and O–H groups in total. The first-order valence-electron chi connectivity index (χ1n) is 6.52. The molecule has 2 aromatic heterocycles. The van der Waals surface area contributed by atoms with Gasteiger partial charge in [0.05, 0.1) is 11.6 Å². The number of nitrogens with one attached hydrogen (secondary N) is 1. The normalized spacial score (nSPS) is 12.8. The number of fused-ring (bicyclic) bond motifs is 1. The molecule has 1 atom stereocenters. The van der Waals surface area contributed by atoms with Gasteiger partial charge < -0.3 is 14.8 Å². The van der Waals surface area contributed by atoms with Crippen molar-refractivity contribution < 1.29 is 9.52 Å². The van der Waals surface area contributed by atoms with Gasteiger partial charge in [-0.25, -0.2) is 4.98 Å². The van der Waals surface area contributed by atoms with Gasteiger partial charge in [0, 0.05) is 19.3 Å². The van der Waals surface area contributed by atoms with Crippen molar-refractivity contribution in [2.45, 2.75) is 26.2 Å². The standard InChI is InChI=1S/C14H20N2O2/c1-2-3-11(5-8-17)10-16-14-12-6-9-18-13(12)4-7-15-14/h4,6-7,9,11,17H,2-3,5,8,10H2,1H3,(H,15,16). The van der Waals surface area contributed by atoms with Crippen LogP contribution in [0.1, 0.15) is 26.2 Å². The van der Waals surface area contributed by atoms with Crippen LogP contribution in [0.4, 0.5) is 5.82 Å². The molecule has 0 saturated heterocycles. The average Bonchev–Trinajstić information content (AvgIpc) is 2.85. The zero-order chi connectivity index (χ0) is 12.8. The maximum Gasteiger partial charge on any atom is 0.139 e. The van der Waals surface area contributed by atoms with Gasteiger partial charge in [-0.05, 0) is 30.9 Å². The van der Waals surface area contributed by atoms with E-state index in [0.717, 1.165) is 42.6 Å². The fraction of sp³-hybridized carbons (Fsp3) is 0.500. The highest BCUT2D eigenvalue weighted by Gasteiger charge is 2.09. The highest BCUT2D eigenvalue weighted by molar-refractivity contribution is 5.87. The van der Waals surface area contributed by atoms with Crippen LogP contribution in [-0.2, 0) is 0 Å². The van der Waals surface area contributed by atoms with Crippen LogP contribution in [0.5, 0.6) is 0 Å². The predicted molar refractivity (Wildman–Crippen MR) is 72.6 cm³/mol. The molecule has 18 heavy (non-hydrogen) atoms. The average molecular weight is 248 g/mol. The minimum Gasteiger partial charge on any atom is -0.464 e. The minimum absolute atomic E-state index is 0.246. The third kappa shape index (κ3) is 3.01. The minimum atomic E-state index is 0.246. The Balaban J connectivity index is 2.02. The van der Waals surface area contributed by atoms with Gasteiger partial charge in [-0.2, -0.15) is 0 Å². The van der Waals surface area contributed by atoms with Crippen molar-refractivity contribution in [3.05, 3.63) is 24.6 Å². The van der Waals surface area contributed by atoms with Crippen LogP contribution in [0.2, 0.25) is 0 Å². The number of hydrogen-bond acceptors (Lipinski definition) is 4. The first-order chi connectivity index (χ1) is 8.85. The number of aromatic nitrogens is 1. The van der Waals surface area contributed by atoms with E-state index >= 15 is 0 Å². The molecule has 0 radical (unpaired) electrons. The molecule has 0 amide bonds. The Morgan fingerprint density at radius 1 is 1.39 bits per heavy atom. The van der Waals surface area contributed by atoms with Crippen molar-refractivity contribution in [2.24, 2.45) is 5.92 Å². The lowest BCUT2D eigenvalue weighted by molar-refractivity contribution is 0.255. The molecule has 0 spiro atoms. The SMILES string of the molecule is CCCC(CCO)CNc1nccc2occc12. The zero-order valence-corrected chi connectivity index (χ0v) is 10.7. The molecule has 98 valence electrons. The van der Waals surface area contributed by atoms with Gasteiger partial charge >= 0.3 is 0 Å². The Morgan fingerprint density at radius 2 is 2.28 bits per heavy atom. The number of aliphatic hydroxyl groups is 1. The van der Waals surface area contributed by atoms with Gasteiger partial charge in [-0.1, -0.05) is 13.3 Å². The summed E-state index contributed by atoms with van der Waals surface area (Å²) in [5.41, 5.74) is 0.849. The van der Waals surface area contributed by atoms with E-state index < -0.39 is 0 Å². The summed E-state index contributed by atoms with van der Waals surface area (Å²) >= 11 is 0. The number of nitrogens with zero attached hydrogens (tertiary/aromatic N) is 1. The summed E-state index contributed by atoms with van der Waals surface area (Å²) in [5.74, 6) is 1.35. The molecule has 2 heterocycles. The van der Waals surface area contributed by atoms with E-state index in [1.807, 2.05) is 12.1 Å². The van der Waals surface area contributed by atoms with Gasteiger partial charge in [-0.3, -0.25) is 0 Å². The molecule has 0 aliphatic rings. The quantitative estimate of drug-likeness (QED) is 0.790. The summed E-state index contributed by atoms with van der Waals surface area (Å²) < 4.78 is 5.34.